The quantitative estimate of drug-likeness (QED) is 0.483. The molecule has 0 saturated heterocycles. The lowest BCUT2D eigenvalue weighted by Crippen LogP contribution is -2.30. The van der Waals surface area contributed by atoms with Gasteiger partial charge in [-0.15, -0.1) is 0 Å². The molecule has 1 atom stereocenters. The number of rotatable bonds is 6. The number of nitrogens with zero attached hydrogens (tertiary/aromatic N) is 1. The van der Waals surface area contributed by atoms with Crippen molar-refractivity contribution in [3.8, 4) is 5.75 Å². The van der Waals surface area contributed by atoms with Gasteiger partial charge in [0.2, 0.25) is 0 Å². The maximum absolute atomic E-state index is 12.2. The van der Waals surface area contributed by atoms with Crippen molar-refractivity contribution in [2.24, 2.45) is 0 Å². The molecule has 1 amide bonds. The number of ether oxygens (including phenoxy) is 2. The standard InChI is InChI=1S/C18H18N2O6/c1-11-15(5-4-6-16(11)20(23)24)18(22)26-12(2)17(21)19-13-7-9-14(25-3)10-8-13/h4-10,12H,1-3H3,(H,19,21). The van der Waals surface area contributed by atoms with Crippen LogP contribution in [0.3, 0.4) is 0 Å². The van der Waals surface area contributed by atoms with Crippen molar-refractivity contribution >= 4 is 23.3 Å². The minimum absolute atomic E-state index is 0.0447. The summed E-state index contributed by atoms with van der Waals surface area (Å²) in [5, 5.41) is 13.6. The molecule has 8 nitrogen and oxygen atoms in total. The van der Waals surface area contributed by atoms with E-state index in [-0.39, 0.29) is 16.8 Å². The van der Waals surface area contributed by atoms with Gasteiger partial charge in [-0.25, -0.2) is 4.79 Å². The van der Waals surface area contributed by atoms with Crippen molar-refractivity contribution in [3.05, 3.63) is 63.7 Å². The molecule has 0 heterocycles. The minimum atomic E-state index is -1.08. The third-order valence-corrected chi connectivity index (χ3v) is 3.73. The molecule has 0 spiro atoms. The van der Waals surface area contributed by atoms with E-state index in [9.17, 15) is 19.7 Å². The van der Waals surface area contributed by atoms with Crippen LogP contribution in [0.5, 0.6) is 5.75 Å². The summed E-state index contributed by atoms with van der Waals surface area (Å²) < 4.78 is 10.2. The summed E-state index contributed by atoms with van der Waals surface area (Å²) in [6.07, 6.45) is -1.08. The van der Waals surface area contributed by atoms with E-state index >= 15 is 0 Å². The van der Waals surface area contributed by atoms with Crippen molar-refractivity contribution in [3.63, 3.8) is 0 Å². The SMILES string of the molecule is COc1ccc(NC(=O)C(C)OC(=O)c2cccc([N+](=O)[O-])c2C)cc1. The predicted octanol–water partition coefficient (Wildman–Crippen LogP) is 3.10. The number of methoxy groups -OCH3 is 1. The maximum atomic E-state index is 12.2. The molecule has 0 bridgehead atoms. The second-order valence-electron chi connectivity index (χ2n) is 5.47. The van der Waals surface area contributed by atoms with E-state index in [4.69, 9.17) is 9.47 Å². The molecule has 8 heteroatoms. The van der Waals surface area contributed by atoms with Gasteiger partial charge in [0.05, 0.1) is 17.6 Å². The number of benzene rings is 2. The Hall–Kier alpha value is -3.42. The second kappa shape index (κ2) is 8.11. The molecule has 0 aliphatic rings. The summed E-state index contributed by atoms with van der Waals surface area (Å²) in [5.74, 6) is -0.682. The Morgan fingerprint density at radius 1 is 1.15 bits per heavy atom. The topological polar surface area (TPSA) is 108 Å². The number of hydrogen-bond donors (Lipinski definition) is 1. The molecule has 0 saturated carbocycles. The molecular formula is C18H18N2O6. The van der Waals surface area contributed by atoms with Crippen LogP contribution in [0.1, 0.15) is 22.8 Å². The van der Waals surface area contributed by atoms with Crippen LogP contribution in [0.4, 0.5) is 11.4 Å². The Bertz CT molecular complexity index is 832. The van der Waals surface area contributed by atoms with Gasteiger partial charge in [-0.05, 0) is 44.2 Å². The van der Waals surface area contributed by atoms with E-state index in [1.165, 1.54) is 39.2 Å². The maximum Gasteiger partial charge on any atom is 0.339 e. The molecule has 1 unspecified atom stereocenters. The number of carbonyl (C=O) groups excluding carboxylic acids is 2. The summed E-state index contributed by atoms with van der Waals surface area (Å²) >= 11 is 0. The highest BCUT2D eigenvalue weighted by Gasteiger charge is 2.23. The van der Waals surface area contributed by atoms with Gasteiger partial charge in [0, 0.05) is 17.3 Å². The van der Waals surface area contributed by atoms with Crippen LogP contribution in [0.15, 0.2) is 42.5 Å². The van der Waals surface area contributed by atoms with E-state index in [0.717, 1.165) is 0 Å². The Labute approximate surface area is 149 Å². The number of nitrogens with one attached hydrogen (secondary N) is 1. The first kappa shape index (κ1) is 18.9. The molecule has 26 heavy (non-hydrogen) atoms. The molecule has 0 aliphatic carbocycles. The van der Waals surface area contributed by atoms with Crippen LogP contribution in [-0.2, 0) is 9.53 Å². The summed E-state index contributed by atoms with van der Waals surface area (Å²) in [4.78, 5) is 34.8. The van der Waals surface area contributed by atoms with Crippen LogP contribution in [0.25, 0.3) is 0 Å². The zero-order chi connectivity index (χ0) is 19.3. The Morgan fingerprint density at radius 3 is 2.38 bits per heavy atom. The normalized spacial score (nSPS) is 11.3. The second-order valence-corrected chi connectivity index (χ2v) is 5.47. The van der Waals surface area contributed by atoms with E-state index < -0.39 is 22.9 Å². The first-order chi connectivity index (χ1) is 12.3. The van der Waals surface area contributed by atoms with Gasteiger partial charge < -0.3 is 14.8 Å². The molecule has 2 rings (SSSR count). The number of amides is 1. The Morgan fingerprint density at radius 2 is 1.81 bits per heavy atom. The summed E-state index contributed by atoms with van der Waals surface area (Å²) in [7, 11) is 1.53. The van der Waals surface area contributed by atoms with Gasteiger partial charge in [0.1, 0.15) is 5.75 Å². The Kier molecular flexibility index (Phi) is 5.90. The van der Waals surface area contributed by atoms with Crippen LogP contribution < -0.4 is 10.1 Å². The molecular weight excluding hydrogens is 340 g/mol. The van der Waals surface area contributed by atoms with Crippen molar-refractivity contribution in [1.29, 1.82) is 0 Å². The highest BCUT2D eigenvalue weighted by atomic mass is 16.6. The van der Waals surface area contributed by atoms with Crippen molar-refractivity contribution in [2.75, 3.05) is 12.4 Å². The van der Waals surface area contributed by atoms with E-state index in [1.807, 2.05) is 0 Å². The van der Waals surface area contributed by atoms with Crippen LogP contribution >= 0.6 is 0 Å². The van der Waals surface area contributed by atoms with E-state index in [2.05, 4.69) is 5.32 Å². The number of hydrogen-bond acceptors (Lipinski definition) is 6. The number of nitro groups is 1. The lowest BCUT2D eigenvalue weighted by atomic mass is 10.1. The molecule has 0 radical (unpaired) electrons. The fourth-order valence-corrected chi connectivity index (χ4v) is 2.24. The molecule has 2 aromatic rings. The highest BCUT2D eigenvalue weighted by Crippen LogP contribution is 2.22. The largest absolute Gasteiger partial charge is 0.497 e. The zero-order valence-electron chi connectivity index (χ0n) is 14.5. The third kappa shape index (κ3) is 4.35. The fraction of sp³-hybridized carbons (Fsp3) is 0.222. The molecule has 1 N–H and O–H groups in total. The molecule has 0 aliphatic heterocycles. The van der Waals surface area contributed by atoms with Gasteiger partial charge in [-0.3, -0.25) is 14.9 Å². The van der Waals surface area contributed by atoms with Crippen molar-refractivity contribution < 1.29 is 24.0 Å². The predicted molar refractivity (Wildman–Crippen MR) is 94.3 cm³/mol. The lowest BCUT2D eigenvalue weighted by Gasteiger charge is -2.14. The van der Waals surface area contributed by atoms with Gasteiger partial charge in [0.15, 0.2) is 6.10 Å². The third-order valence-electron chi connectivity index (χ3n) is 3.73. The fourth-order valence-electron chi connectivity index (χ4n) is 2.24. The average Bonchev–Trinajstić information content (AvgIpc) is 2.62. The van der Waals surface area contributed by atoms with Gasteiger partial charge >= 0.3 is 5.97 Å². The first-order valence-corrected chi connectivity index (χ1v) is 7.73. The molecule has 0 aromatic heterocycles. The molecule has 2 aromatic carbocycles. The number of nitro benzene ring substituents is 1. The van der Waals surface area contributed by atoms with Crippen LogP contribution in [0.2, 0.25) is 0 Å². The summed E-state index contributed by atoms with van der Waals surface area (Å²) in [6.45, 7) is 2.88. The van der Waals surface area contributed by atoms with Gasteiger partial charge in [0.25, 0.3) is 11.6 Å². The van der Waals surface area contributed by atoms with Crippen molar-refractivity contribution in [2.45, 2.75) is 20.0 Å². The Balaban J connectivity index is 2.05. The highest BCUT2D eigenvalue weighted by molar-refractivity contribution is 5.98. The number of anilines is 1. The molecule has 136 valence electrons. The van der Waals surface area contributed by atoms with E-state index in [1.54, 1.807) is 24.3 Å². The average molecular weight is 358 g/mol. The van der Waals surface area contributed by atoms with Crippen LogP contribution in [0, 0.1) is 17.0 Å². The smallest absolute Gasteiger partial charge is 0.339 e. The first-order valence-electron chi connectivity index (χ1n) is 7.73. The summed E-state index contributed by atoms with van der Waals surface area (Å²) in [6, 6.07) is 10.8. The monoisotopic (exact) mass is 358 g/mol. The number of esters is 1. The van der Waals surface area contributed by atoms with Crippen molar-refractivity contribution in [1.82, 2.24) is 0 Å². The van der Waals surface area contributed by atoms with Crippen LogP contribution in [-0.4, -0.2) is 30.0 Å². The summed E-state index contributed by atoms with van der Waals surface area (Å²) in [5.41, 5.74) is 0.563. The van der Waals surface area contributed by atoms with Gasteiger partial charge in [-0.2, -0.15) is 0 Å². The lowest BCUT2D eigenvalue weighted by molar-refractivity contribution is -0.385. The molecule has 0 fully saturated rings. The van der Waals surface area contributed by atoms with E-state index in [0.29, 0.717) is 11.4 Å². The zero-order valence-corrected chi connectivity index (χ0v) is 14.5. The van der Waals surface area contributed by atoms with Gasteiger partial charge in [-0.1, -0.05) is 6.07 Å². The number of carbonyl (C=O) groups is 2. The minimum Gasteiger partial charge on any atom is -0.497 e.